The number of carbonyl (C=O) groups excluding carboxylic acids is 1. The van der Waals surface area contributed by atoms with Crippen LogP contribution in [0.4, 0.5) is 5.69 Å². The van der Waals surface area contributed by atoms with Gasteiger partial charge in [0.25, 0.3) is 10.0 Å². The number of sulfonamides is 1. The van der Waals surface area contributed by atoms with Gasteiger partial charge in [0, 0.05) is 23.0 Å². The van der Waals surface area contributed by atoms with Gasteiger partial charge in [0.15, 0.2) is 5.78 Å². The van der Waals surface area contributed by atoms with E-state index >= 15 is 0 Å². The van der Waals surface area contributed by atoms with Crippen LogP contribution in [0.5, 0.6) is 0 Å². The summed E-state index contributed by atoms with van der Waals surface area (Å²) in [5.41, 5.74) is 2.96. The minimum absolute atomic E-state index is 0.0179. The van der Waals surface area contributed by atoms with E-state index in [-0.39, 0.29) is 9.99 Å². The summed E-state index contributed by atoms with van der Waals surface area (Å²) in [5.74, 6) is 0.788. The fraction of sp³-hybridized carbons (Fsp3) is 0.370. The number of para-hydroxylation sites is 1. The number of carbonyl (C=O) groups is 1. The van der Waals surface area contributed by atoms with Crippen LogP contribution in [0.25, 0.3) is 10.4 Å². The molecule has 7 heteroatoms. The first-order chi connectivity index (χ1) is 16.3. The average molecular weight is 497 g/mol. The Kier molecular flexibility index (Phi) is 7.86. The molecule has 4 rings (SSSR count). The summed E-state index contributed by atoms with van der Waals surface area (Å²) < 4.78 is 29.4. The molecule has 0 aliphatic heterocycles. The molecule has 1 saturated carbocycles. The number of hydrogen-bond acceptors (Lipinski definition) is 5. The smallest absolute Gasteiger partial charge is 0.271 e. The van der Waals surface area contributed by atoms with E-state index in [0.717, 1.165) is 28.3 Å². The molecule has 5 nitrogen and oxygen atoms in total. The zero-order valence-corrected chi connectivity index (χ0v) is 21.3. The van der Waals surface area contributed by atoms with Crippen LogP contribution < -0.4 is 10.0 Å². The second-order valence-electron chi connectivity index (χ2n) is 9.19. The van der Waals surface area contributed by atoms with Crippen molar-refractivity contribution in [2.45, 2.75) is 62.7 Å². The van der Waals surface area contributed by atoms with Gasteiger partial charge >= 0.3 is 0 Å². The molecule has 3 aromatic rings. The summed E-state index contributed by atoms with van der Waals surface area (Å²) in [4.78, 5) is 12.5. The first-order valence-corrected chi connectivity index (χ1v) is 14.2. The van der Waals surface area contributed by atoms with Gasteiger partial charge in [0.2, 0.25) is 0 Å². The molecule has 1 fully saturated rings. The highest BCUT2D eigenvalue weighted by Crippen LogP contribution is 2.33. The van der Waals surface area contributed by atoms with Crippen LogP contribution in [0.2, 0.25) is 0 Å². The van der Waals surface area contributed by atoms with Gasteiger partial charge in [-0.25, -0.2) is 8.42 Å². The summed E-state index contributed by atoms with van der Waals surface area (Å²) in [7, 11) is -3.73. The normalized spacial score (nSPS) is 15.4. The Bertz CT molecular complexity index is 1240. The van der Waals surface area contributed by atoms with Gasteiger partial charge < -0.3 is 5.32 Å². The molecule has 2 N–H and O–H groups in total. The van der Waals surface area contributed by atoms with E-state index < -0.39 is 10.0 Å². The number of thiophene rings is 1. The third kappa shape index (κ3) is 6.14. The Morgan fingerprint density at radius 1 is 1.06 bits per heavy atom. The van der Waals surface area contributed by atoms with Gasteiger partial charge in [-0.3, -0.25) is 9.52 Å². The Hall–Kier alpha value is -2.48. The lowest BCUT2D eigenvalue weighted by Crippen LogP contribution is -2.28. The SMILES string of the molecule is CC(=O)c1cccc(-c2ccc(S(=O)(=O)Nc3ccccc3CN[C@@H](C)CC3CCCC3)s2)c1. The van der Waals surface area contributed by atoms with E-state index in [0.29, 0.717) is 23.8 Å². The van der Waals surface area contributed by atoms with Gasteiger partial charge in [-0.05, 0) is 61.6 Å². The van der Waals surface area contributed by atoms with Crippen LogP contribution in [0.15, 0.2) is 64.9 Å². The fourth-order valence-electron chi connectivity index (χ4n) is 4.59. The van der Waals surface area contributed by atoms with Crippen molar-refractivity contribution < 1.29 is 13.2 Å². The van der Waals surface area contributed by atoms with Crippen molar-refractivity contribution >= 4 is 32.8 Å². The van der Waals surface area contributed by atoms with Gasteiger partial charge in [-0.1, -0.05) is 62.1 Å². The van der Waals surface area contributed by atoms with E-state index in [2.05, 4.69) is 17.0 Å². The topological polar surface area (TPSA) is 75.3 Å². The Morgan fingerprint density at radius 2 is 1.82 bits per heavy atom. The standard InChI is InChI=1S/C27H32N2O3S2/c1-19(16-21-8-3-4-9-21)28-18-24-10-5-6-13-25(24)29-34(31,32)27-15-14-26(33-27)23-12-7-11-22(17-23)20(2)30/h5-7,10-15,17,19,21,28-29H,3-4,8-9,16,18H2,1-2H3/t19-/m0/s1. The van der Waals surface area contributed by atoms with Gasteiger partial charge in [-0.2, -0.15) is 0 Å². The maximum absolute atomic E-state index is 13.2. The molecule has 1 aliphatic carbocycles. The molecule has 1 aliphatic rings. The van der Waals surface area contributed by atoms with Crippen LogP contribution >= 0.6 is 11.3 Å². The predicted octanol–water partition coefficient (Wildman–Crippen LogP) is 6.48. The molecule has 1 atom stereocenters. The third-order valence-corrected chi connectivity index (χ3v) is 9.46. The Labute approximate surface area is 206 Å². The van der Waals surface area contributed by atoms with E-state index in [4.69, 9.17) is 0 Å². The molecule has 0 radical (unpaired) electrons. The van der Waals surface area contributed by atoms with Crippen molar-refractivity contribution in [3.63, 3.8) is 0 Å². The van der Waals surface area contributed by atoms with E-state index in [9.17, 15) is 13.2 Å². The number of hydrogen-bond donors (Lipinski definition) is 2. The molecule has 180 valence electrons. The number of nitrogens with one attached hydrogen (secondary N) is 2. The highest BCUT2D eigenvalue weighted by molar-refractivity contribution is 7.94. The number of ketones is 1. The second kappa shape index (κ2) is 10.8. The number of Topliss-reactive ketones (excluding diaryl/α,β-unsaturated/α-hetero) is 1. The molecule has 2 aromatic carbocycles. The quantitative estimate of drug-likeness (QED) is 0.315. The molecule has 1 aromatic heterocycles. The summed E-state index contributed by atoms with van der Waals surface area (Å²) >= 11 is 1.20. The Balaban J connectivity index is 1.45. The fourth-order valence-corrected chi connectivity index (χ4v) is 7.00. The van der Waals surface area contributed by atoms with Crippen molar-refractivity contribution in [1.82, 2.24) is 5.32 Å². The highest BCUT2D eigenvalue weighted by Gasteiger charge is 2.20. The first-order valence-electron chi connectivity index (χ1n) is 11.9. The predicted molar refractivity (Wildman–Crippen MR) is 140 cm³/mol. The van der Waals surface area contributed by atoms with Crippen LogP contribution in [0.3, 0.4) is 0 Å². The number of rotatable bonds is 10. The average Bonchev–Trinajstić information content (AvgIpc) is 3.51. The molecule has 34 heavy (non-hydrogen) atoms. The van der Waals surface area contributed by atoms with Crippen molar-refractivity contribution in [3.8, 4) is 10.4 Å². The molecule has 0 amide bonds. The molecule has 0 unspecified atom stereocenters. The van der Waals surface area contributed by atoms with E-state index in [1.54, 1.807) is 30.3 Å². The van der Waals surface area contributed by atoms with E-state index in [1.165, 1.54) is 43.9 Å². The molecule has 0 spiro atoms. The third-order valence-electron chi connectivity index (χ3n) is 6.46. The van der Waals surface area contributed by atoms with Gasteiger partial charge in [-0.15, -0.1) is 11.3 Å². The van der Waals surface area contributed by atoms with Crippen LogP contribution in [0, 0.1) is 5.92 Å². The lowest BCUT2D eigenvalue weighted by atomic mass is 9.99. The maximum atomic E-state index is 13.2. The summed E-state index contributed by atoms with van der Waals surface area (Å²) in [6.07, 6.45) is 6.49. The summed E-state index contributed by atoms with van der Waals surface area (Å²) in [5, 5.41) is 3.57. The second-order valence-corrected chi connectivity index (χ2v) is 12.2. The van der Waals surface area contributed by atoms with Crippen LogP contribution in [-0.2, 0) is 16.6 Å². The molecular formula is C27H32N2O3S2. The van der Waals surface area contributed by atoms with E-state index in [1.807, 2.05) is 30.3 Å². The van der Waals surface area contributed by atoms with Crippen molar-refractivity contribution in [2.75, 3.05) is 4.72 Å². The highest BCUT2D eigenvalue weighted by atomic mass is 32.2. The maximum Gasteiger partial charge on any atom is 0.271 e. The Morgan fingerprint density at radius 3 is 2.59 bits per heavy atom. The zero-order valence-electron chi connectivity index (χ0n) is 19.7. The van der Waals surface area contributed by atoms with Gasteiger partial charge in [0.1, 0.15) is 4.21 Å². The monoisotopic (exact) mass is 496 g/mol. The van der Waals surface area contributed by atoms with Crippen molar-refractivity contribution in [3.05, 3.63) is 71.8 Å². The minimum Gasteiger partial charge on any atom is -0.310 e. The van der Waals surface area contributed by atoms with Crippen molar-refractivity contribution in [2.24, 2.45) is 5.92 Å². The summed E-state index contributed by atoms with van der Waals surface area (Å²) in [6.45, 7) is 4.34. The molecule has 0 bridgehead atoms. The lowest BCUT2D eigenvalue weighted by Gasteiger charge is -2.19. The molecule has 1 heterocycles. The molecular weight excluding hydrogens is 464 g/mol. The number of benzene rings is 2. The minimum atomic E-state index is -3.73. The largest absolute Gasteiger partial charge is 0.310 e. The molecule has 0 saturated heterocycles. The van der Waals surface area contributed by atoms with Crippen LogP contribution in [-0.4, -0.2) is 20.2 Å². The summed E-state index contributed by atoms with van der Waals surface area (Å²) in [6, 6.07) is 18.6. The lowest BCUT2D eigenvalue weighted by molar-refractivity contribution is 0.101. The zero-order chi connectivity index (χ0) is 24.1. The first kappa shape index (κ1) is 24.6. The van der Waals surface area contributed by atoms with Crippen molar-refractivity contribution in [1.29, 1.82) is 0 Å². The van der Waals surface area contributed by atoms with Gasteiger partial charge in [0.05, 0.1) is 5.69 Å². The van der Waals surface area contributed by atoms with Crippen LogP contribution in [0.1, 0.15) is 61.9 Å². The number of anilines is 1.